The summed E-state index contributed by atoms with van der Waals surface area (Å²) in [5, 5.41) is 0. The Bertz CT molecular complexity index is 726. The fourth-order valence-electron chi connectivity index (χ4n) is 4.19. The first kappa shape index (κ1) is 16.3. The standard InChI is InChI=1S/C20H23NO4/c1-3-10-24-19(23)16-15-8-9-20(25-15)12-21(18(22)17(16)20)11-14-6-4-13(2)5-7-14/h4-9,15-17H,3,10-12H2,1-2H3/t15-,16+,17-,20-/m0/s1. The highest BCUT2D eigenvalue weighted by molar-refractivity contribution is 5.91. The number of fused-ring (bicyclic) bond motifs is 1. The van der Waals surface area contributed by atoms with Crippen molar-refractivity contribution in [2.45, 2.75) is 38.5 Å². The van der Waals surface area contributed by atoms with E-state index in [2.05, 4.69) is 0 Å². The average molecular weight is 341 g/mol. The topological polar surface area (TPSA) is 55.8 Å². The molecule has 0 saturated carbocycles. The predicted molar refractivity (Wildman–Crippen MR) is 91.6 cm³/mol. The highest BCUT2D eigenvalue weighted by Crippen LogP contribution is 2.52. The van der Waals surface area contributed by atoms with Crippen LogP contribution in [0, 0.1) is 18.8 Å². The second-order valence-corrected chi connectivity index (χ2v) is 7.25. The van der Waals surface area contributed by atoms with Gasteiger partial charge in [0, 0.05) is 6.54 Å². The summed E-state index contributed by atoms with van der Waals surface area (Å²) in [6, 6.07) is 8.16. The van der Waals surface area contributed by atoms with Crippen LogP contribution in [0.25, 0.3) is 0 Å². The highest BCUT2D eigenvalue weighted by atomic mass is 16.6. The first-order chi connectivity index (χ1) is 12.0. The maximum atomic E-state index is 13.0. The zero-order valence-electron chi connectivity index (χ0n) is 14.6. The van der Waals surface area contributed by atoms with Crippen molar-refractivity contribution < 1.29 is 19.1 Å². The molecule has 0 aliphatic carbocycles. The number of amides is 1. The SMILES string of the molecule is CCCOC(=O)[C@@H]1[C@@H]2C=C[C@@]3(CN(Cc4ccc(C)cc4)C(=O)[C@H]13)O2. The maximum Gasteiger partial charge on any atom is 0.312 e. The Labute approximate surface area is 147 Å². The van der Waals surface area contributed by atoms with E-state index in [1.807, 2.05) is 50.3 Å². The Morgan fingerprint density at radius 2 is 2.12 bits per heavy atom. The number of benzene rings is 1. The third-order valence-electron chi connectivity index (χ3n) is 5.39. The summed E-state index contributed by atoms with van der Waals surface area (Å²) < 4.78 is 11.4. The summed E-state index contributed by atoms with van der Waals surface area (Å²) in [6.07, 6.45) is 4.32. The molecule has 0 N–H and O–H groups in total. The monoisotopic (exact) mass is 341 g/mol. The van der Waals surface area contributed by atoms with E-state index in [0.717, 1.165) is 12.0 Å². The molecule has 5 heteroatoms. The second kappa shape index (κ2) is 5.99. The van der Waals surface area contributed by atoms with Crippen molar-refractivity contribution in [3.63, 3.8) is 0 Å². The number of likely N-dealkylation sites (tertiary alicyclic amines) is 1. The molecule has 4 atom stereocenters. The molecule has 1 spiro atoms. The lowest BCUT2D eigenvalue weighted by Crippen LogP contribution is -2.40. The van der Waals surface area contributed by atoms with E-state index < -0.39 is 17.4 Å². The number of aryl methyl sites for hydroxylation is 1. The van der Waals surface area contributed by atoms with Crippen LogP contribution in [-0.4, -0.2) is 41.6 Å². The van der Waals surface area contributed by atoms with Gasteiger partial charge >= 0.3 is 5.97 Å². The van der Waals surface area contributed by atoms with Crippen LogP contribution in [0.5, 0.6) is 0 Å². The lowest BCUT2D eigenvalue weighted by molar-refractivity contribution is -0.153. The van der Waals surface area contributed by atoms with Crippen molar-refractivity contribution in [2.24, 2.45) is 11.8 Å². The Balaban J connectivity index is 1.55. The number of carbonyl (C=O) groups excluding carboxylic acids is 2. The molecule has 1 aromatic rings. The summed E-state index contributed by atoms with van der Waals surface area (Å²) in [4.78, 5) is 27.3. The zero-order chi connectivity index (χ0) is 17.6. The van der Waals surface area contributed by atoms with E-state index in [0.29, 0.717) is 19.7 Å². The van der Waals surface area contributed by atoms with Crippen molar-refractivity contribution in [3.05, 3.63) is 47.5 Å². The van der Waals surface area contributed by atoms with Crippen LogP contribution in [0.4, 0.5) is 0 Å². The second-order valence-electron chi connectivity index (χ2n) is 7.25. The quantitative estimate of drug-likeness (QED) is 0.609. The molecular weight excluding hydrogens is 318 g/mol. The molecule has 3 heterocycles. The van der Waals surface area contributed by atoms with Gasteiger partial charge in [-0.3, -0.25) is 9.59 Å². The van der Waals surface area contributed by atoms with Gasteiger partial charge in [0.1, 0.15) is 11.5 Å². The molecule has 2 fully saturated rings. The lowest BCUT2D eigenvalue weighted by Gasteiger charge is -2.22. The van der Waals surface area contributed by atoms with Gasteiger partial charge in [0.05, 0.1) is 25.2 Å². The summed E-state index contributed by atoms with van der Waals surface area (Å²) in [7, 11) is 0. The molecule has 25 heavy (non-hydrogen) atoms. The highest BCUT2D eigenvalue weighted by Gasteiger charge is 2.67. The minimum Gasteiger partial charge on any atom is -0.465 e. The summed E-state index contributed by atoms with van der Waals surface area (Å²) >= 11 is 0. The molecule has 0 aromatic heterocycles. The number of ether oxygens (including phenoxy) is 2. The number of hydrogen-bond donors (Lipinski definition) is 0. The third kappa shape index (κ3) is 2.58. The summed E-state index contributed by atoms with van der Waals surface area (Å²) in [5.74, 6) is -1.30. The molecule has 132 valence electrons. The Kier molecular flexibility index (Phi) is 3.91. The van der Waals surface area contributed by atoms with Gasteiger partial charge in [-0.25, -0.2) is 0 Å². The van der Waals surface area contributed by atoms with E-state index in [1.54, 1.807) is 4.90 Å². The van der Waals surface area contributed by atoms with Gasteiger partial charge in [-0.1, -0.05) is 48.9 Å². The first-order valence-electron chi connectivity index (χ1n) is 8.92. The molecule has 1 aromatic carbocycles. The van der Waals surface area contributed by atoms with Gasteiger partial charge in [-0.15, -0.1) is 0 Å². The van der Waals surface area contributed by atoms with Gasteiger partial charge in [-0.05, 0) is 18.9 Å². The number of esters is 1. The predicted octanol–water partition coefficient (Wildman–Crippen LogP) is 2.23. The zero-order valence-corrected chi connectivity index (χ0v) is 14.6. The van der Waals surface area contributed by atoms with E-state index in [1.165, 1.54) is 5.56 Å². The van der Waals surface area contributed by atoms with E-state index >= 15 is 0 Å². The Hall–Kier alpha value is -2.14. The van der Waals surface area contributed by atoms with Gasteiger partial charge < -0.3 is 14.4 Å². The molecule has 0 radical (unpaired) electrons. The van der Waals surface area contributed by atoms with Gasteiger partial charge in [0.2, 0.25) is 5.91 Å². The van der Waals surface area contributed by atoms with E-state index in [9.17, 15) is 9.59 Å². The molecule has 1 amide bonds. The van der Waals surface area contributed by atoms with Gasteiger partial charge in [0.15, 0.2) is 0 Å². The smallest absolute Gasteiger partial charge is 0.312 e. The van der Waals surface area contributed by atoms with E-state index in [4.69, 9.17) is 9.47 Å². The number of nitrogens with zero attached hydrogens (tertiary/aromatic N) is 1. The fourth-order valence-corrected chi connectivity index (χ4v) is 4.19. The molecule has 4 rings (SSSR count). The Morgan fingerprint density at radius 3 is 2.84 bits per heavy atom. The van der Waals surface area contributed by atoms with Crippen LogP contribution in [-0.2, 0) is 25.6 Å². The normalized spacial score (nSPS) is 32.3. The number of rotatable bonds is 5. The fraction of sp³-hybridized carbons (Fsp3) is 0.500. The minimum atomic E-state index is -0.664. The molecule has 0 unspecified atom stereocenters. The molecule has 3 aliphatic heterocycles. The van der Waals surface area contributed by atoms with Gasteiger partial charge in [0.25, 0.3) is 0 Å². The van der Waals surface area contributed by atoms with Crippen LogP contribution < -0.4 is 0 Å². The van der Waals surface area contributed by atoms with Crippen LogP contribution in [0.15, 0.2) is 36.4 Å². The molecule has 2 saturated heterocycles. The summed E-state index contributed by atoms with van der Waals surface area (Å²) in [5.41, 5.74) is 1.61. The van der Waals surface area contributed by atoms with Crippen molar-refractivity contribution in [2.75, 3.05) is 13.2 Å². The minimum absolute atomic E-state index is 0.00845. The largest absolute Gasteiger partial charge is 0.465 e. The lowest BCUT2D eigenvalue weighted by atomic mass is 9.77. The van der Waals surface area contributed by atoms with Crippen LogP contribution >= 0.6 is 0 Å². The van der Waals surface area contributed by atoms with Crippen molar-refractivity contribution in [1.29, 1.82) is 0 Å². The third-order valence-corrected chi connectivity index (χ3v) is 5.39. The number of hydrogen-bond acceptors (Lipinski definition) is 4. The Morgan fingerprint density at radius 1 is 1.36 bits per heavy atom. The first-order valence-corrected chi connectivity index (χ1v) is 8.92. The molecule has 3 aliphatic rings. The van der Waals surface area contributed by atoms with Crippen LogP contribution in [0.1, 0.15) is 24.5 Å². The van der Waals surface area contributed by atoms with Crippen molar-refractivity contribution in [1.82, 2.24) is 4.90 Å². The van der Waals surface area contributed by atoms with Crippen molar-refractivity contribution >= 4 is 11.9 Å². The number of carbonyl (C=O) groups is 2. The average Bonchev–Trinajstić information content (AvgIpc) is 3.23. The molecule has 5 nitrogen and oxygen atoms in total. The van der Waals surface area contributed by atoms with Crippen molar-refractivity contribution in [3.8, 4) is 0 Å². The molecular formula is C20H23NO4. The van der Waals surface area contributed by atoms with E-state index in [-0.39, 0.29) is 18.0 Å². The maximum absolute atomic E-state index is 13.0. The molecule has 2 bridgehead atoms. The van der Waals surface area contributed by atoms with Crippen LogP contribution in [0.2, 0.25) is 0 Å². The van der Waals surface area contributed by atoms with Crippen LogP contribution in [0.3, 0.4) is 0 Å². The summed E-state index contributed by atoms with van der Waals surface area (Å²) in [6.45, 7) is 5.41. The van der Waals surface area contributed by atoms with Gasteiger partial charge in [-0.2, -0.15) is 0 Å².